The van der Waals surface area contributed by atoms with Crippen molar-refractivity contribution in [3.05, 3.63) is 0 Å². The third kappa shape index (κ3) is 4.97. The Morgan fingerprint density at radius 1 is 1.21 bits per heavy atom. The predicted molar refractivity (Wildman–Crippen MR) is 64.7 cm³/mol. The van der Waals surface area contributed by atoms with Gasteiger partial charge in [0.15, 0.2) is 0 Å². The molecule has 0 spiro atoms. The Hall–Kier alpha value is -0.0800. The highest BCUT2D eigenvalue weighted by molar-refractivity contribution is 4.77. The molecule has 2 nitrogen and oxygen atoms in total. The van der Waals surface area contributed by atoms with Gasteiger partial charge in [-0.25, -0.2) is 0 Å². The van der Waals surface area contributed by atoms with Gasteiger partial charge in [-0.05, 0) is 32.4 Å². The van der Waals surface area contributed by atoms with Gasteiger partial charge in [0.25, 0.3) is 0 Å². The number of hydrogen-bond acceptors (Lipinski definition) is 2. The van der Waals surface area contributed by atoms with Gasteiger partial charge >= 0.3 is 0 Å². The first-order valence-electron chi connectivity index (χ1n) is 5.81. The fraction of sp³-hybridized carbons (Fsp3) is 1.00. The molecule has 0 aromatic rings. The van der Waals surface area contributed by atoms with Crippen molar-refractivity contribution in [3.8, 4) is 0 Å². The van der Waals surface area contributed by atoms with Gasteiger partial charge in [-0.15, -0.1) is 0 Å². The summed E-state index contributed by atoms with van der Waals surface area (Å²) in [5.74, 6) is 0. The van der Waals surface area contributed by atoms with Crippen LogP contribution in [0, 0.1) is 5.41 Å². The van der Waals surface area contributed by atoms with E-state index in [1.54, 1.807) is 0 Å². The molecular formula is C12H28N2. The van der Waals surface area contributed by atoms with Crippen LogP contribution in [0.5, 0.6) is 0 Å². The minimum absolute atomic E-state index is 0.367. The summed E-state index contributed by atoms with van der Waals surface area (Å²) in [7, 11) is 4.27. The highest BCUT2D eigenvalue weighted by Gasteiger charge is 2.21. The fourth-order valence-electron chi connectivity index (χ4n) is 2.25. The molecule has 0 rings (SSSR count). The quantitative estimate of drug-likeness (QED) is 0.678. The molecule has 0 amide bonds. The third-order valence-electron chi connectivity index (χ3n) is 2.90. The third-order valence-corrected chi connectivity index (χ3v) is 2.90. The van der Waals surface area contributed by atoms with Crippen molar-refractivity contribution >= 4 is 0 Å². The SMILES string of the molecule is CCC(CC)N(C)CC(C)(C)CNC. The summed E-state index contributed by atoms with van der Waals surface area (Å²) >= 11 is 0. The lowest BCUT2D eigenvalue weighted by Crippen LogP contribution is -2.42. The fourth-order valence-corrected chi connectivity index (χ4v) is 2.25. The standard InChI is InChI=1S/C12H28N2/c1-7-11(8-2)14(6)10-12(3,4)9-13-5/h11,13H,7-10H2,1-6H3. The van der Waals surface area contributed by atoms with Crippen LogP contribution in [0.4, 0.5) is 0 Å². The van der Waals surface area contributed by atoms with Gasteiger partial charge in [0.2, 0.25) is 0 Å². The molecule has 0 aliphatic heterocycles. The molecule has 0 aliphatic rings. The summed E-state index contributed by atoms with van der Waals surface area (Å²) < 4.78 is 0. The van der Waals surface area contributed by atoms with Gasteiger partial charge in [-0.1, -0.05) is 27.7 Å². The van der Waals surface area contributed by atoms with Crippen LogP contribution in [0.3, 0.4) is 0 Å². The average Bonchev–Trinajstić information content (AvgIpc) is 2.04. The van der Waals surface area contributed by atoms with E-state index >= 15 is 0 Å². The molecule has 0 radical (unpaired) electrons. The molecule has 1 N–H and O–H groups in total. The topological polar surface area (TPSA) is 15.3 Å². The van der Waals surface area contributed by atoms with Crippen molar-refractivity contribution in [2.75, 3.05) is 27.2 Å². The zero-order chi connectivity index (χ0) is 11.2. The van der Waals surface area contributed by atoms with E-state index in [1.807, 2.05) is 7.05 Å². The van der Waals surface area contributed by atoms with E-state index in [0.29, 0.717) is 5.41 Å². The van der Waals surface area contributed by atoms with Crippen LogP contribution in [-0.4, -0.2) is 38.1 Å². The number of rotatable bonds is 7. The molecule has 0 aliphatic carbocycles. The Morgan fingerprint density at radius 3 is 2.07 bits per heavy atom. The Bertz CT molecular complexity index is 139. The van der Waals surface area contributed by atoms with E-state index in [1.165, 1.54) is 19.4 Å². The maximum absolute atomic E-state index is 3.26. The molecule has 0 unspecified atom stereocenters. The van der Waals surface area contributed by atoms with Crippen molar-refractivity contribution in [1.82, 2.24) is 10.2 Å². The summed E-state index contributed by atoms with van der Waals surface area (Å²) in [5.41, 5.74) is 0.367. The molecule has 0 heterocycles. The van der Waals surface area contributed by atoms with Gasteiger partial charge in [-0.3, -0.25) is 0 Å². The molecule has 0 aromatic heterocycles. The molecule has 0 bridgehead atoms. The summed E-state index contributed by atoms with van der Waals surface area (Å²) in [4.78, 5) is 2.50. The molecule has 14 heavy (non-hydrogen) atoms. The normalized spacial score (nSPS) is 12.9. The monoisotopic (exact) mass is 200 g/mol. The van der Waals surface area contributed by atoms with Crippen molar-refractivity contribution < 1.29 is 0 Å². The Morgan fingerprint density at radius 2 is 1.71 bits per heavy atom. The molecule has 0 aromatic carbocycles. The zero-order valence-corrected chi connectivity index (χ0v) is 10.9. The second-order valence-electron chi connectivity index (χ2n) is 5.08. The summed E-state index contributed by atoms with van der Waals surface area (Å²) in [5, 5.41) is 3.26. The second-order valence-corrected chi connectivity index (χ2v) is 5.08. The van der Waals surface area contributed by atoms with E-state index < -0.39 is 0 Å². The molecule has 0 fully saturated rings. The first kappa shape index (κ1) is 13.9. The molecule has 0 saturated heterocycles. The smallest absolute Gasteiger partial charge is 0.00871 e. The highest BCUT2D eigenvalue weighted by atomic mass is 15.1. The zero-order valence-electron chi connectivity index (χ0n) is 10.9. The van der Waals surface area contributed by atoms with Crippen LogP contribution in [0.15, 0.2) is 0 Å². The van der Waals surface area contributed by atoms with Gasteiger partial charge in [-0.2, -0.15) is 0 Å². The van der Waals surface area contributed by atoms with Crippen LogP contribution in [0.2, 0.25) is 0 Å². The van der Waals surface area contributed by atoms with Gasteiger partial charge in [0.05, 0.1) is 0 Å². The van der Waals surface area contributed by atoms with Gasteiger partial charge < -0.3 is 10.2 Å². The molecular weight excluding hydrogens is 172 g/mol. The van der Waals surface area contributed by atoms with Crippen LogP contribution in [0.1, 0.15) is 40.5 Å². The van der Waals surface area contributed by atoms with Crippen LogP contribution in [-0.2, 0) is 0 Å². The summed E-state index contributed by atoms with van der Waals surface area (Å²) in [6.45, 7) is 11.4. The maximum atomic E-state index is 3.26. The summed E-state index contributed by atoms with van der Waals surface area (Å²) in [6.07, 6.45) is 2.51. The van der Waals surface area contributed by atoms with E-state index in [2.05, 4.69) is 45.0 Å². The van der Waals surface area contributed by atoms with E-state index in [9.17, 15) is 0 Å². The van der Waals surface area contributed by atoms with E-state index in [0.717, 1.165) is 12.6 Å². The van der Waals surface area contributed by atoms with Crippen LogP contribution >= 0.6 is 0 Å². The summed E-state index contributed by atoms with van der Waals surface area (Å²) in [6, 6.07) is 0.742. The number of hydrogen-bond donors (Lipinski definition) is 1. The van der Waals surface area contributed by atoms with Crippen LogP contribution in [0.25, 0.3) is 0 Å². The first-order valence-corrected chi connectivity index (χ1v) is 5.81. The second kappa shape index (κ2) is 6.41. The Kier molecular flexibility index (Phi) is 6.38. The minimum Gasteiger partial charge on any atom is -0.319 e. The molecule has 2 heteroatoms. The predicted octanol–water partition coefficient (Wildman–Crippen LogP) is 2.35. The van der Waals surface area contributed by atoms with Gasteiger partial charge in [0, 0.05) is 19.1 Å². The number of nitrogens with one attached hydrogen (secondary N) is 1. The lowest BCUT2D eigenvalue weighted by Gasteiger charge is -2.34. The van der Waals surface area contributed by atoms with Crippen molar-refractivity contribution in [1.29, 1.82) is 0 Å². The van der Waals surface area contributed by atoms with E-state index in [-0.39, 0.29) is 0 Å². The number of nitrogens with zero attached hydrogens (tertiary/aromatic N) is 1. The largest absolute Gasteiger partial charge is 0.319 e. The molecule has 0 atom stereocenters. The van der Waals surface area contributed by atoms with Crippen molar-refractivity contribution in [2.24, 2.45) is 5.41 Å². The minimum atomic E-state index is 0.367. The lowest BCUT2D eigenvalue weighted by molar-refractivity contribution is 0.152. The average molecular weight is 200 g/mol. The Balaban J connectivity index is 4.07. The highest BCUT2D eigenvalue weighted by Crippen LogP contribution is 2.18. The van der Waals surface area contributed by atoms with Gasteiger partial charge in [0.1, 0.15) is 0 Å². The molecule has 86 valence electrons. The van der Waals surface area contributed by atoms with Crippen LogP contribution < -0.4 is 5.32 Å². The first-order chi connectivity index (χ1) is 6.46. The molecule has 0 saturated carbocycles. The van der Waals surface area contributed by atoms with E-state index in [4.69, 9.17) is 0 Å². The van der Waals surface area contributed by atoms with Crippen molar-refractivity contribution in [2.45, 2.75) is 46.6 Å². The Labute approximate surface area is 90.1 Å². The maximum Gasteiger partial charge on any atom is 0.00871 e. The lowest BCUT2D eigenvalue weighted by atomic mass is 9.92. The van der Waals surface area contributed by atoms with Crippen molar-refractivity contribution in [3.63, 3.8) is 0 Å².